The lowest BCUT2D eigenvalue weighted by molar-refractivity contribution is -0.0858. The van der Waals surface area contributed by atoms with Crippen LogP contribution in [0.1, 0.15) is 17.3 Å². The molecule has 1 aromatic carbocycles. The van der Waals surface area contributed by atoms with Crippen molar-refractivity contribution in [3.05, 3.63) is 35.1 Å². The normalized spacial score (nSPS) is 22.9. The van der Waals surface area contributed by atoms with Gasteiger partial charge in [-0.1, -0.05) is 0 Å². The molecule has 1 aliphatic rings. The number of hydrogen-bond donors (Lipinski definition) is 1. The third kappa shape index (κ3) is 2.94. The molecule has 1 saturated heterocycles. The van der Waals surface area contributed by atoms with E-state index in [1.165, 1.54) is 4.90 Å². The fraction of sp³-hybridized carbons (Fsp3) is 0.462. The molecule has 0 aromatic heterocycles. The van der Waals surface area contributed by atoms with Gasteiger partial charge in [0.25, 0.3) is 5.91 Å². The molecule has 2 rings (SSSR count). The number of aliphatic hydroxyl groups is 1. The summed E-state index contributed by atoms with van der Waals surface area (Å²) in [7, 11) is 0. The molecule has 2 unspecified atom stereocenters. The zero-order chi connectivity index (χ0) is 14.9. The van der Waals surface area contributed by atoms with Gasteiger partial charge in [0, 0.05) is 18.7 Å². The summed E-state index contributed by atoms with van der Waals surface area (Å²) in [4.78, 5) is 13.5. The summed E-state index contributed by atoms with van der Waals surface area (Å²) < 4.78 is 44.5. The molecule has 1 fully saturated rings. The van der Waals surface area contributed by atoms with E-state index < -0.39 is 29.5 Å². The third-order valence-electron chi connectivity index (χ3n) is 3.05. The van der Waals surface area contributed by atoms with Gasteiger partial charge in [-0.25, -0.2) is 13.2 Å². The van der Waals surface area contributed by atoms with Gasteiger partial charge in [0.05, 0.1) is 18.8 Å². The quantitative estimate of drug-likeness (QED) is 0.836. The van der Waals surface area contributed by atoms with Crippen LogP contribution in [0, 0.1) is 17.5 Å². The molecule has 0 spiro atoms. The summed E-state index contributed by atoms with van der Waals surface area (Å²) in [5.74, 6) is -5.05. The van der Waals surface area contributed by atoms with Crippen LogP contribution in [-0.4, -0.2) is 47.8 Å². The van der Waals surface area contributed by atoms with Crippen molar-refractivity contribution in [3.8, 4) is 0 Å². The second-order valence-corrected chi connectivity index (χ2v) is 4.72. The van der Waals surface area contributed by atoms with Gasteiger partial charge in [-0.2, -0.15) is 0 Å². The van der Waals surface area contributed by atoms with Crippen LogP contribution in [0.25, 0.3) is 0 Å². The monoisotopic (exact) mass is 289 g/mol. The average molecular weight is 289 g/mol. The molecule has 110 valence electrons. The summed E-state index contributed by atoms with van der Waals surface area (Å²) in [6.45, 7) is 1.80. The van der Waals surface area contributed by atoms with Gasteiger partial charge in [0.15, 0.2) is 17.5 Å². The highest BCUT2D eigenvalue weighted by atomic mass is 19.2. The Morgan fingerprint density at radius 1 is 1.35 bits per heavy atom. The van der Waals surface area contributed by atoms with E-state index in [0.717, 1.165) is 0 Å². The Labute approximate surface area is 113 Å². The zero-order valence-electron chi connectivity index (χ0n) is 10.8. The Balaban J connectivity index is 2.22. The maximum Gasteiger partial charge on any atom is 0.254 e. The number of morpholine rings is 1. The second-order valence-electron chi connectivity index (χ2n) is 4.72. The summed E-state index contributed by atoms with van der Waals surface area (Å²) in [6, 6.07) is 1.32. The number of nitrogens with zero attached hydrogens (tertiary/aromatic N) is 1. The van der Waals surface area contributed by atoms with E-state index in [2.05, 4.69) is 0 Å². The third-order valence-corrected chi connectivity index (χ3v) is 3.05. The number of amides is 1. The van der Waals surface area contributed by atoms with E-state index in [9.17, 15) is 18.0 Å². The number of carbonyl (C=O) groups is 1. The highest BCUT2D eigenvalue weighted by Crippen LogP contribution is 2.18. The van der Waals surface area contributed by atoms with Gasteiger partial charge >= 0.3 is 0 Å². The molecule has 20 heavy (non-hydrogen) atoms. The van der Waals surface area contributed by atoms with E-state index in [4.69, 9.17) is 9.84 Å². The van der Waals surface area contributed by atoms with Crippen molar-refractivity contribution in [2.24, 2.45) is 0 Å². The molecule has 1 aliphatic heterocycles. The standard InChI is InChI=1S/C13H14F3NO3/c1-7-4-17(5-9(6-18)20-7)13(19)8-2-10(14)12(16)11(15)3-8/h2-3,7,9,18H,4-6H2,1H3. The van der Waals surface area contributed by atoms with Gasteiger partial charge in [0.1, 0.15) is 0 Å². The number of rotatable bonds is 2. The van der Waals surface area contributed by atoms with E-state index >= 15 is 0 Å². The zero-order valence-corrected chi connectivity index (χ0v) is 10.8. The average Bonchev–Trinajstić information content (AvgIpc) is 2.42. The maximum atomic E-state index is 13.1. The van der Waals surface area contributed by atoms with Gasteiger partial charge in [-0.05, 0) is 19.1 Å². The molecule has 1 heterocycles. The fourth-order valence-electron chi connectivity index (χ4n) is 2.17. The number of aliphatic hydroxyl groups excluding tert-OH is 1. The van der Waals surface area contributed by atoms with E-state index in [-0.39, 0.29) is 31.4 Å². The fourth-order valence-corrected chi connectivity index (χ4v) is 2.17. The number of halogens is 3. The maximum absolute atomic E-state index is 13.1. The molecule has 0 bridgehead atoms. The molecule has 7 heteroatoms. The highest BCUT2D eigenvalue weighted by Gasteiger charge is 2.29. The van der Waals surface area contributed by atoms with Crippen LogP contribution in [0.2, 0.25) is 0 Å². The Morgan fingerprint density at radius 3 is 2.50 bits per heavy atom. The lowest BCUT2D eigenvalue weighted by Gasteiger charge is -2.36. The van der Waals surface area contributed by atoms with Gasteiger partial charge in [0.2, 0.25) is 0 Å². The van der Waals surface area contributed by atoms with Crippen molar-refractivity contribution in [3.63, 3.8) is 0 Å². The predicted octanol–water partition coefficient (Wildman–Crippen LogP) is 1.33. The molecule has 2 atom stereocenters. The van der Waals surface area contributed by atoms with Crippen molar-refractivity contribution in [2.75, 3.05) is 19.7 Å². The van der Waals surface area contributed by atoms with Gasteiger partial charge in [-0.3, -0.25) is 4.79 Å². The smallest absolute Gasteiger partial charge is 0.254 e. The van der Waals surface area contributed by atoms with Crippen molar-refractivity contribution in [1.29, 1.82) is 0 Å². The van der Waals surface area contributed by atoms with Crippen LogP contribution in [0.4, 0.5) is 13.2 Å². The molecule has 0 saturated carbocycles. The molecule has 4 nitrogen and oxygen atoms in total. The second kappa shape index (κ2) is 5.80. The van der Waals surface area contributed by atoms with Crippen molar-refractivity contribution < 1.29 is 27.8 Å². The summed E-state index contributed by atoms with van der Waals surface area (Å²) >= 11 is 0. The molecule has 0 aliphatic carbocycles. The Morgan fingerprint density at radius 2 is 1.95 bits per heavy atom. The summed E-state index contributed by atoms with van der Waals surface area (Å²) in [5, 5.41) is 9.07. The van der Waals surface area contributed by atoms with Crippen LogP contribution < -0.4 is 0 Å². The lowest BCUT2D eigenvalue weighted by Crippen LogP contribution is -2.50. The molecule has 1 N–H and O–H groups in total. The Kier molecular flexibility index (Phi) is 4.29. The number of ether oxygens (including phenoxy) is 1. The Hall–Kier alpha value is -1.60. The SMILES string of the molecule is CC1CN(C(=O)c2cc(F)c(F)c(F)c2)CC(CO)O1. The van der Waals surface area contributed by atoms with E-state index in [0.29, 0.717) is 12.1 Å². The number of hydrogen-bond acceptors (Lipinski definition) is 3. The summed E-state index contributed by atoms with van der Waals surface area (Å²) in [5.41, 5.74) is -0.271. The van der Waals surface area contributed by atoms with Gasteiger partial charge in [-0.15, -0.1) is 0 Å². The lowest BCUT2D eigenvalue weighted by atomic mass is 10.1. The summed E-state index contributed by atoms with van der Waals surface area (Å²) in [6.07, 6.45) is -0.849. The molecule has 1 amide bonds. The van der Waals surface area contributed by atoms with Crippen molar-refractivity contribution >= 4 is 5.91 Å². The van der Waals surface area contributed by atoms with Gasteiger partial charge < -0.3 is 14.7 Å². The van der Waals surface area contributed by atoms with Crippen LogP contribution in [-0.2, 0) is 4.74 Å². The minimum absolute atomic E-state index is 0.111. The predicted molar refractivity (Wildman–Crippen MR) is 63.6 cm³/mol. The van der Waals surface area contributed by atoms with Crippen LogP contribution in [0.15, 0.2) is 12.1 Å². The largest absolute Gasteiger partial charge is 0.394 e. The van der Waals surface area contributed by atoms with Crippen molar-refractivity contribution in [1.82, 2.24) is 4.90 Å². The van der Waals surface area contributed by atoms with Crippen LogP contribution >= 0.6 is 0 Å². The molecule has 0 radical (unpaired) electrons. The minimum atomic E-state index is -1.61. The van der Waals surface area contributed by atoms with Crippen LogP contribution in [0.3, 0.4) is 0 Å². The molecule has 1 aromatic rings. The van der Waals surface area contributed by atoms with E-state index in [1.54, 1.807) is 6.92 Å². The molecular formula is C13H14F3NO3. The molecular weight excluding hydrogens is 275 g/mol. The minimum Gasteiger partial charge on any atom is -0.394 e. The highest BCUT2D eigenvalue weighted by molar-refractivity contribution is 5.94. The first-order chi connectivity index (χ1) is 9.42. The Bertz CT molecular complexity index is 501. The van der Waals surface area contributed by atoms with E-state index in [1.807, 2.05) is 0 Å². The first-order valence-electron chi connectivity index (χ1n) is 6.12. The first kappa shape index (κ1) is 14.8. The first-order valence-corrected chi connectivity index (χ1v) is 6.12. The number of carbonyl (C=O) groups excluding carboxylic acids is 1. The van der Waals surface area contributed by atoms with Crippen LogP contribution in [0.5, 0.6) is 0 Å². The van der Waals surface area contributed by atoms with Crippen molar-refractivity contribution in [2.45, 2.75) is 19.1 Å². The topological polar surface area (TPSA) is 49.8 Å². The number of benzene rings is 1.